The first-order valence-electron chi connectivity index (χ1n) is 17.8. The highest BCUT2D eigenvalue weighted by Crippen LogP contribution is 2.45. The lowest BCUT2D eigenvalue weighted by molar-refractivity contribution is -0.118. The summed E-state index contributed by atoms with van der Waals surface area (Å²) in [6.07, 6.45) is 8.33. The number of phenolic OH excluding ortho intramolecular Hbond substituents is 1. The SMILES string of the molecule is C=O.CCCCNC.CN1CCC(c2ccccc2)(c2cc(CCOCCCCNCCc3cccc4c3OCC(=O)N4)ccc2O)CC1. The van der Waals surface area contributed by atoms with Crippen LogP contribution in [0.3, 0.4) is 0 Å². The van der Waals surface area contributed by atoms with E-state index >= 15 is 0 Å². The van der Waals surface area contributed by atoms with Gasteiger partial charge in [-0.3, -0.25) is 4.79 Å². The summed E-state index contributed by atoms with van der Waals surface area (Å²) in [5.41, 5.74) is 5.26. The maximum atomic E-state index is 11.5. The van der Waals surface area contributed by atoms with E-state index in [0.717, 1.165) is 100 Å². The van der Waals surface area contributed by atoms with Crippen LogP contribution in [-0.2, 0) is 32.6 Å². The summed E-state index contributed by atoms with van der Waals surface area (Å²) < 4.78 is 11.6. The molecule has 2 aliphatic rings. The highest BCUT2D eigenvalue weighted by molar-refractivity contribution is 5.95. The van der Waals surface area contributed by atoms with Crippen LogP contribution < -0.4 is 20.7 Å². The second-order valence-corrected chi connectivity index (χ2v) is 12.8. The van der Waals surface area contributed by atoms with Crippen molar-refractivity contribution in [1.82, 2.24) is 15.5 Å². The Balaban J connectivity index is 0.000000735. The van der Waals surface area contributed by atoms with Crippen LogP contribution in [0.5, 0.6) is 11.5 Å². The number of aromatic hydroxyl groups is 1. The Kier molecular flexibility index (Phi) is 17.9. The Labute approximate surface area is 293 Å². The molecule has 0 radical (unpaired) electrons. The number of ether oxygens (including phenoxy) is 2. The van der Waals surface area contributed by atoms with Gasteiger partial charge in [-0.05, 0) is 121 Å². The zero-order valence-corrected chi connectivity index (χ0v) is 29.9. The van der Waals surface area contributed by atoms with Gasteiger partial charge < -0.3 is 40.2 Å². The van der Waals surface area contributed by atoms with Crippen LogP contribution >= 0.6 is 0 Å². The number of nitrogens with one attached hydrogen (secondary N) is 3. The predicted octanol–water partition coefficient (Wildman–Crippen LogP) is 5.73. The van der Waals surface area contributed by atoms with E-state index in [1.807, 2.05) is 38.1 Å². The lowest BCUT2D eigenvalue weighted by Crippen LogP contribution is -2.41. The lowest BCUT2D eigenvalue weighted by atomic mass is 9.67. The van der Waals surface area contributed by atoms with Gasteiger partial charge >= 0.3 is 0 Å². The topological polar surface area (TPSA) is 112 Å². The van der Waals surface area contributed by atoms with E-state index in [1.165, 1.54) is 24.0 Å². The Morgan fingerprint density at radius 2 is 1.71 bits per heavy atom. The van der Waals surface area contributed by atoms with Gasteiger partial charge in [0.2, 0.25) is 0 Å². The minimum absolute atomic E-state index is 0.0810. The van der Waals surface area contributed by atoms with E-state index in [9.17, 15) is 9.90 Å². The maximum Gasteiger partial charge on any atom is 0.262 e. The molecule has 3 aromatic carbocycles. The molecule has 4 N–H and O–H groups in total. The van der Waals surface area contributed by atoms with Gasteiger partial charge in [0.1, 0.15) is 18.3 Å². The van der Waals surface area contributed by atoms with Crippen LogP contribution in [0.1, 0.15) is 67.7 Å². The number of nitrogens with zero attached hydrogens (tertiary/aromatic N) is 1. The molecule has 268 valence electrons. The molecule has 5 rings (SSSR count). The Morgan fingerprint density at radius 1 is 0.939 bits per heavy atom. The van der Waals surface area contributed by atoms with Gasteiger partial charge in [0, 0.05) is 17.6 Å². The summed E-state index contributed by atoms with van der Waals surface area (Å²) in [5.74, 6) is 1.08. The minimum atomic E-state index is -0.162. The molecule has 2 heterocycles. The molecule has 0 spiro atoms. The fraction of sp³-hybridized carbons (Fsp3) is 0.500. The second-order valence-electron chi connectivity index (χ2n) is 12.8. The Bertz CT molecular complexity index is 1370. The molecule has 1 amide bonds. The van der Waals surface area contributed by atoms with E-state index in [0.29, 0.717) is 12.4 Å². The molecular formula is C40H58N4O5. The fourth-order valence-electron chi connectivity index (χ4n) is 6.42. The first-order valence-corrected chi connectivity index (χ1v) is 17.8. The first kappa shape index (κ1) is 39.7. The van der Waals surface area contributed by atoms with Crippen molar-refractivity contribution >= 4 is 18.4 Å². The third-order valence-corrected chi connectivity index (χ3v) is 9.24. The number of hydrogen-bond acceptors (Lipinski definition) is 8. The molecule has 1 fully saturated rings. The number of para-hydroxylation sites is 1. The van der Waals surface area contributed by atoms with Crippen LogP contribution in [0.2, 0.25) is 0 Å². The maximum absolute atomic E-state index is 11.5. The van der Waals surface area contributed by atoms with Gasteiger partial charge in [0.15, 0.2) is 6.61 Å². The number of carbonyl (C=O) groups excluding carboxylic acids is 2. The summed E-state index contributed by atoms with van der Waals surface area (Å²) in [7, 11) is 4.16. The highest BCUT2D eigenvalue weighted by Gasteiger charge is 2.39. The summed E-state index contributed by atoms with van der Waals surface area (Å²) in [4.78, 5) is 21.9. The predicted molar refractivity (Wildman–Crippen MR) is 199 cm³/mol. The number of unbranched alkanes of at least 4 members (excludes halogenated alkanes) is 2. The molecule has 1 saturated heterocycles. The molecule has 9 nitrogen and oxygen atoms in total. The smallest absolute Gasteiger partial charge is 0.262 e. The van der Waals surface area contributed by atoms with Crippen LogP contribution in [0.4, 0.5) is 5.69 Å². The van der Waals surface area contributed by atoms with Crippen molar-refractivity contribution in [3.05, 3.63) is 89.0 Å². The third-order valence-electron chi connectivity index (χ3n) is 9.24. The van der Waals surface area contributed by atoms with E-state index < -0.39 is 0 Å². The zero-order valence-electron chi connectivity index (χ0n) is 29.9. The summed E-state index contributed by atoms with van der Waals surface area (Å²) in [5, 5.41) is 20.4. The number of amides is 1. The number of benzene rings is 3. The molecule has 9 heteroatoms. The third kappa shape index (κ3) is 12.3. The zero-order chi connectivity index (χ0) is 35.3. The van der Waals surface area contributed by atoms with Crippen LogP contribution in [0.15, 0.2) is 66.7 Å². The van der Waals surface area contributed by atoms with Crippen molar-refractivity contribution in [2.24, 2.45) is 0 Å². The van der Waals surface area contributed by atoms with Crippen molar-refractivity contribution in [2.75, 3.05) is 72.0 Å². The van der Waals surface area contributed by atoms with Crippen molar-refractivity contribution in [1.29, 1.82) is 0 Å². The van der Waals surface area contributed by atoms with Gasteiger partial charge in [-0.15, -0.1) is 0 Å². The molecule has 0 unspecified atom stereocenters. The number of rotatable bonds is 16. The van der Waals surface area contributed by atoms with Gasteiger partial charge in [-0.25, -0.2) is 0 Å². The first-order chi connectivity index (χ1) is 24.0. The van der Waals surface area contributed by atoms with Crippen LogP contribution in [-0.4, -0.2) is 89.3 Å². The number of phenols is 1. The summed E-state index contributed by atoms with van der Waals surface area (Å²) in [6, 6.07) is 22.7. The largest absolute Gasteiger partial charge is 0.508 e. The molecule has 2 aliphatic heterocycles. The van der Waals surface area contributed by atoms with E-state index in [4.69, 9.17) is 14.3 Å². The normalized spacial score (nSPS) is 15.0. The standard InChI is InChI=1S/C34H43N3O4.C5H13N.CH2O/c1-37-20-16-34(17-21-37,28-9-3-2-4-10-28)29-24-26(12-13-31(29)38)15-23-40-22-6-5-18-35-19-14-27-8-7-11-30-33(27)41-25-32(39)36-30;1-3-4-5-6-2;1-2/h2-4,7-13,24,35,38H,5-6,14-23,25H2,1H3,(H,36,39);6H,3-5H2,1-2H3;1H2. The average molecular weight is 675 g/mol. The van der Waals surface area contributed by atoms with Gasteiger partial charge in [0.25, 0.3) is 5.91 Å². The molecular weight excluding hydrogens is 616 g/mol. The molecule has 0 saturated carbocycles. The molecule has 0 bridgehead atoms. The van der Waals surface area contributed by atoms with Gasteiger partial charge in [-0.1, -0.05) is 67.9 Å². The second kappa shape index (κ2) is 22.1. The van der Waals surface area contributed by atoms with E-state index in [-0.39, 0.29) is 17.9 Å². The number of likely N-dealkylation sites (tertiary alicyclic amines) is 1. The lowest BCUT2D eigenvalue weighted by Gasteiger charge is -2.42. The number of carbonyl (C=O) groups is 2. The molecule has 49 heavy (non-hydrogen) atoms. The summed E-state index contributed by atoms with van der Waals surface area (Å²) in [6.45, 7) is 10.7. The minimum Gasteiger partial charge on any atom is -0.508 e. The highest BCUT2D eigenvalue weighted by atomic mass is 16.5. The van der Waals surface area contributed by atoms with E-state index in [1.54, 1.807) is 0 Å². The van der Waals surface area contributed by atoms with Crippen LogP contribution in [0.25, 0.3) is 0 Å². The molecule has 0 aliphatic carbocycles. The van der Waals surface area contributed by atoms with Crippen molar-refractivity contribution in [3.63, 3.8) is 0 Å². The molecule has 0 atom stereocenters. The van der Waals surface area contributed by atoms with Gasteiger partial charge in [-0.2, -0.15) is 0 Å². The number of piperidine rings is 1. The average Bonchev–Trinajstić information content (AvgIpc) is 3.14. The van der Waals surface area contributed by atoms with Crippen molar-refractivity contribution in [2.45, 2.75) is 63.7 Å². The van der Waals surface area contributed by atoms with Gasteiger partial charge in [0.05, 0.1) is 12.3 Å². The number of hydrogen-bond donors (Lipinski definition) is 4. The Hall–Kier alpha value is -3.76. The quantitative estimate of drug-likeness (QED) is 0.143. The van der Waals surface area contributed by atoms with E-state index in [2.05, 4.69) is 77.3 Å². The number of fused-ring (bicyclic) bond motifs is 1. The van der Waals surface area contributed by atoms with Crippen LogP contribution in [0, 0.1) is 0 Å². The summed E-state index contributed by atoms with van der Waals surface area (Å²) >= 11 is 0. The molecule has 3 aromatic rings. The fourth-order valence-corrected chi connectivity index (χ4v) is 6.42. The molecule has 0 aromatic heterocycles. The van der Waals surface area contributed by atoms with Crippen molar-refractivity contribution in [3.8, 4) is 11.5 Å². The number of anilines is 1. The monoisotopic (exact) mass is 674 g/mol. The Morgan fingerprint density at radius 3 is 2.43 bits per heavy atom. The van der Waals surface area contributed by atoms with Crippen molar-refractivity contribution < 1.29 is 24.2 Å².